The first kappa shape index (κ1) is 17.0. The second kappa shape index (κ2) is 6.93. The number of para-hydroxylation sites is 1. The molecule has 0 unspecified atom stereocenters. The number of likely N-dealkylation sites (tertiary alicyclic amines) is 1. The lowest BCUT2D eigenvalue weighted by atomic mass is 9.90. The van der Waals surface area contributed by atoms with Crippen molar-refractivity contribution in [1.82, 2.24) is 14.5 Å². The molecule has 24 heavy (non-hydrogen) atoms. The Balaban J connectivity index is 1.55. The lowest BCUT2D eigenvalue weighted by Gasteiger charge is -2.37. The van der Waals surface area contributed by atoms with Crippen LogP contribution in [0.15, 0.2) is 36.7 Å². The summed E-state index contributed by atoms with van der Waals surface area (Å²) in [6.07, 6.45) is 4.63. The lowest BCUT2D eigenvalue weighted by Crippen LogP contribution is -2.46. The van der Waals surface area contributed by atoms with Gasteiger partial charge in [0.15, 0.2) is 0 Å². The van der Waals surface area contributed by atoms with Crippen LogP contribution in [-0.2, 0) is 17.4 Å². The van der Waals surface area contributed by atoms with E-state index in [0.29, 0.717) is 42.5 Å². The molecule has 0 saturated carbocycles. The SMILES string of the molecule is Cn1ccnc1C1(O)CCN(CC(=O)Nc2ccccc2Cl)CC1. The molecule has 0 radical (unpaired) electrons. The summed E-state index contributed by atoms with van der Waals surface area (Å²) < 4.78 is 1.85. The molecule has 2 aromatic rings. The molecule has 1 aliphatic rings. The fourth-order valence-electron chi connectivity index (χ4n) is 3.07. The second-order valence-corrected chi connectivity index (χ2v) is 6.60. The minimum atomic E-state index is -0.923. The van der Waals surface area contributed by atoms with Gasteiger partial charge in [0, 0.05) is 32.5 Å². The van der Waals surface area contributed by atoms with Gasteiger partial charge < -0.3 is 15.0 Å². The van der Waals surface area contributed by atoms with Gasteiger partial charge in [-0.15, -0.1) is 0 Å². The van der Waals surface area contributed by atoms with Crippen molar-refractivity contribution in [3.63, 3.8) is 0 Å². The molecule has 0 aliphatic carbocycles. The molecule has 2 heterocycles. The van der Waals surface area contributed by atoms with E-state index >= 15 is 0 Å². The Labute approximate surface area is 146 Å². The standard InChI is InChI=1S/C17H21ClN4O2/c1-21-11-8-19-16(21)17(24)6-9-22(10-7-17)12-15(23)20-14-5-3-2-4-13(14)18/h2-5,8,11,24H,6-7,9-10,12H2,1H3,(H,20,23). The summed E-state index contributed by atoms with van der Waals surface area (Å²) in [5, 5.41) is 14.2. The van der Waals surface area contributed by atoms with Crippen molar-refractivity contribution in [3.8, 4) is 0 Å². The fraction of sp³-hybridized carbons (Fsp3) is 0.412. The van der Waals surface area contributed by atoms with E-state index in [-0.39, 0.29) is 12.5 Å². The van der Waals surface area contributed by atoms with Crippen LogP contribution in [0.1, 0.15) is 18.7 Å². The van der Waals surface area contributed by atoms with Crippen LogP contribution in [0.4, 0.5) is 5.69 Å². The van der Waals surface area contributed by atoms with Gasteiger partial charge in [-0.3, -0.25) is 9.69 Å². The van der Waals surface area contributed by atoms with E-state index in [9.17, 15) is 9.90 Å². The third-order valence-corrected chi connectivity index (χ3v) is 4.77. The Kier molecular flexibility index (Phi) is 4.89. The first-order chi connectivity index (χ1) is 11.5. The van der Waals surface area contributed by atoms with Gasteiger partial charge in [0.2, 0.25) is 5.91 Å². The summed E-state index contributed by atoms with van der Waals surface area (Å²) in [5.74, 6) is 0.577. The van der Waals surface area contributed by atoms with E-state index in [2.05, 4.69) is 10.3 Å². The molecule has 1 amide bonds. The molecule has 1 fully saturated rings. The Morgan fingerprint density at radius 1 is 1.38 bits per heavy atom. The van der Waals surface area contributed by atoms with Crippen LogP contribution in [0.3, 0.4) is 0 Å². The van der Waals surface area contributed by atoms with Gasteiger partial charge >= 0.3 is 0 Å². The third kappa shape index (κ3) is 3.61. The smallest absolute Gasteiger partial charge is 0.238 e. The van der Waals surface area contributed by atoms with Crippen molar-refractivity contribution in [2.45, 2.75) is 18.4 Å². The van der Waals surface area contributed by atoms with Gasteiger partial charge in [0.1, 0.15) is 11.4 Å². The number of rotatable bonds is 4. The van der Waals surface area contributed by atoms with E-state index in [1.165, 1.54) is 0 Å². The fourth-order valence-corrected chi connectivity index (χ4v) is 3.26. The number of hydrogen-bond acceptors (Lipinski definition) is 4. The maximum absolute atomic E-state index is 12.2. The molecule has 1 saturated heterocycles. The van der Waals surface area contributed by atoms with Crippen LogP contribution < -0.4 is 5.32 Å². The average molecular weight is 349 g/mol. The van der Waals surface area contributed by atoms with Crippen molar-refractivity contribution in [2.24, 2.45) is 7.05 Å². The summed E-state index contributed by atoms with van der Waals surface area (Å²) in [4.78, 5) is 18.5. The monoisotopic (exact) mass is 348 g/mol. The van der Waals surface area contributed by atoms with Crippen molar-refractivity contribution < 1.29 is 9.90 Å². The number of aromatic nitrogens is 2. The zero-order valence-corrected chi connectivity index (χ0v) is 14.3. The topological polar surface area (TPSA) is 70.4 Å². The van der Waals surface area contributed by atoms with Gasteiger partial charge in [0.25, 0.3) is 0 Å². The van der Waals surface area contributed by atoms with E-state index < -0.39 is 5.60 Å². The molecule has 2 N–H and O–H groups in total. The number of halogens is 1. The number of piperidine rings is 1. The Morgan fingerprint density at radius 2 is 2.08 bits per heavy atom. The van der Waals surface area contributed by atoms with Crippen LogP contribution >= 0.6 is 11.6 Å². The largest absolute Gasteiger partial charge is 0.382 e. The van der Waals surface area contributed by atoms with Crippen LogP contribution in [-0.4, -0.2) is 45.1 Å². The summed E-state index contributed by atoms with van der Waals surface area (Å²) in [6, 6.07) is 7.16. The molecule has 3 rings (SSSR count). The summed E-state index contributed by atoms with van der Waals surface area (Å²) in [5.41, 5.74) is -0.306. The highest BCUT2D eigenvalue weighted by Crippen LogP contribution is 2.31. The number of carbonyl (C=O) groups is 1. The Bertz CT molecular complexity index is 723. The van der Waals surface area contributed by atoms with Crippen LogP contribution in [0.25, 0.3) is 0 Å². The average Bonchev–Trinajstić information content (AvgIpc) is 2.99. The van der Waals surface area contributed by atoms with E-state index in [1.807, 2.05) is 34.8 Å². The second-order valence-electron chi connectivity index (χ2n) is 6.20. The van der Waals surface area contributed by atoms with Crippen LogP contribution in [0.5, 0.6) is 0 Å². The number of aryl methyl sites for hydroxylation is 1. The lowest BCUT2D eigenvalue weighted by molar-refractivity contribution is -0.118. The number of hydrogen-bond donors (Lipinski definition) is 2. The number of imidazole rings is 1. The zero-order chi connectivity index (χ0) is 17.2. The Morgan fingerprint density at radius 3 is 2.71 bits per heavy atom. The molecule has 0 spiro atoms. The number of amides is 1. The maximum atomic E-state index is 12.2. The molecule has 128 valence electrons. The normalized spacial score (nSPS) is 17.6. The number of aliphatic hydroxyl groups is 1. The number of carbonyl (C=O) groups excluding carboxylic acids is 1. The van der Waals surface area contributed by atoms with Gasteiger partial charge in [-0.25, -0.2) is 4.98 Å². The molecule has 0 bridgehead atoms. The highest BCUT2D eigenvalue weighted by Gasteiger charge is 2.37. The highest BCUT2D eigenvalue weighted by molar-refractivity contribution is 6.33. The van der Waals surface area contributed by atoms with Gasteiger partial charge in [0.05, 0.1) is 17.3 Å². The van der Waals surface area contributed by atoms with Crippen LogP contribution in [0.2, 0.25) is 5.02 Å². The first-order valence-electron chi connectivity index (χ1n) is 7.95. The van der Waals surface area contributed by atoms with Crippen molar-refractivity contribution in [2.75, 3.05) is 25.0 Å². The molecule has 7 heteroatoms. The minimum Gasteiger partial charge on any atom is -0.382 e. The minimum absolute atomic E-state index is 0.106. The number of nitrogens with zero attached hydrogens (tertiary/aromatic N) is 3. The van der Waals surface area contributed by atoms with Crippen molar-refractivity contribution >= 4 is 23.2 Å². The van der Waals surface area contributed by atoms with Gasteiger partial charge in [-0.1, -0.05) is 23.7 Å². The number of benzene rings is 1. The van der Waals surface area contributed by atoms with Crippen molar-refractivity contribution in [1.29, 1.82) is 0 Å². The molecule has 1 aromatic carbocycles. The number of anilines is 1. The predicted octanol–water partition coefficient (Wildman–Crippen LogP) is 2.00. The van der Waals surface area contributed by atoms with E-state index in [4.69, 9.17) is 11.6 Å². The third-order valence-electron chi connectivity index (χ3n) is 4.44. The molecular formula is C17H21ClN4O2. The first-order valence-corrected chi connectivity index (χ1v) is 8.33. The molecule has 0 atom stereocenters. The summed E-state index contributed by atoms with van der Waals surface area (Å²) in [6.45, 7) is 1.56. The van der Waals surface area contributed by atoms with Crippen LogP contribution in [0, 0.1) is 0 Å². The molecule has 1 aromatic heterocycles. The van der Waals surface area contributed by atoms with Gasteiger partial charge in [-0.05, 0) is 25.0 Å². The quantitative estimate of drug-likeness (QED) is 0.886. The predicted molar refractivity (Wildman–Crippen MR) is 92.9 cm³/mol. The van der Waals surface area contributed by atoms with Crippen molar-refractivity contribution in [3.05, 3.63) is 47.5 Å². The van der Waals surface area contributed by atoms with Gasteiger partial charge in [-0.2, -0.15) is 0 Å². The summed E-state index contributed by atoms with van der Waals surface area (Å²) in [7, 11) is 1.88. The van der Waals surface area contributed by atoms with E-state index in [1.54, 1.807) is 18.3 Å². The summed E-state index contributed by atoms with van der Waals surface area (Å²) >= 11 is 6.05. The maximum Gasteiger partial charge on any atom is 0.238 e. The molecule has 6 nitrogen and oxygen atoms in total. The number of nitrogens with one attached hydrogen (secondary N) is 1. The van der Waals surface area contributed by atoms with E-state index in [0.717, 1.165) is 0 Å². The Hall–Kier alpha value is -1.89. The molecule has 1 aliphatic heterocycles. The highest BCUT2D eigenvalue weighted by atomic mass is 35.5. The zero-order valence-electron chi connectivity index (χ0n) is 13.6. The molecular weight excluding hydrogens is 328 g/mol.